The average Bonchev–Trinajstić information content (AvgIpc) is 4.27. The highest BCUT2D eigenvalue weighted by molar-refractivity contribution is 6.08. The van der Waals surface area contributed by atoms with Gasteiger partial charge in [0.1, 0.15) is 34.2 Å². The second kappa shape index (κ2) is 18.1. The molecule has 3 aliphatic rings. The number of furan rings is 2. The van der Waals surface area contributed by atoms with E-state index in [-0.39, 0.29) is 12.0 Å². The van der Waals surface area contributed by atoms with Gasteiger partial charge in [-0.1, -0.05) is 117 Å². The van der Waals surface area contributed by atoms with Crippen LogP contribution >= 0.6 is 0 Å². The number of ether oxygens (including phenoxy) is 1. The minimum absolute atomic E-state index is 0.0330. The van der Waals surface area contributed by atoms with Crippen LogP contribution in [-0.4, -0.2) is 16.1 Å². The minimum atomic E-state index is -0.0330. The Hall–Kier alpha value is -9.52. The van der Waals surface area contributed by atoms with E-state index in [4.69, 9.17) is 23.5 Å². The Kier molecular flexibility index (Phi) is 10.6. The van der Waals surface area contributed by atoms with E-state index >= 15 is 0 Å². The molecule has 4 aromatic heterocycles. The van der Waals surface area contributed by atoms with Gasteiger partial charge in [0.05, 0.1) is 0 Å². The molecule has 0 fully saturated rings. The number of anilines is 2. The monoisotopic (exact) mass is 993 g/mol. The van der Waals surface area contributed by atoms with E-state index < -0.39 is 0 Å². The van der Waals surface area contributed by atoms with Crippen molar-refractivity contribution in [3.63, 3.8) is 0 Å². The molecule has 15 rings (SSSR count). The quantitative estimate of drug-likeness (QED) is 0.155. The molecule has 0 saturated carbocycles. The number of nitrogens with zero attached hydrogens (tertiary/aromatic N) is 2. The summed E-state index contributed by atoms with van der Waals surface area (Å²) in [6, 6.07) is 66.5. The van der Waals surface area contributed by atoms with Gasteiger partial charge in [-0.15, -0.1) is 0 Å². The third kappa shape index (κ3) is 7.86. The average molecular weight is 994 g/mol. The number of hydrogen-bond donors (Lipinski definition) is 1. The Balaban J connectivity index is 0.723. The first-order valence-corrected chi connectivity index (χ1v) is 26.7. The lowest BCUT2D eigenvalue weighted by Gasteiger charge is -2.26. The lowest BCUT2D eigenvalue weighted by Crippen LogP contribution is -2.23. The Labute approximate surface area is 446 Å². The maximum atomic E-state index is 6.74. The fourth-order valence-corrected chi connectivity index (χ4v) is 12.3. The summed E-state index contributed by atoms with van der Waals surface area (Å²) in [6.45, 7) is 4.68. The van der Waals surface area contributed by atoms with Crippen LogP contribution in [-0.2, 0) is 0 Å². The molecule has 8 aromatic carbocycles. The summed E-state index contributed by atoms with van der Waals surface area (Å²) in [5.74, 6) is 1.59. The lowest BCUT2D eigenvalue weighted by atomic mass is 9.81. The first kappa shape index (κ1) is 44.9. The van der Waals surface area contributed by atoms with Crippen LogP contribution in [0.4, 0.5) is 11.4 Å². The maximum Gasteiger partial charge on any atom is 0.135 e. The van der Waals surface area contributed by atoms with Crippen molar-refractivity contribution in [1.29, 1.82) is 0 Å². The second-order valence-electron chi connectivity index (χ2n) is 21.0. The van der Waals surface area contributed by atoms with Crippen molar-refractivity contribution in [2.24, 2.45) is 11.8 Å². The van der Waals surface area contributed by atoms with Crippen molar-refractivity contribution >= 4 is 66.4 Å². The number of hydrogen-bond acceptors (Lipinski definition) is 6. The number of rotatable bonds is 9. The Bertz CT molecular complexity index is 4460. The number of fused-ring (bicyclic) bond motifs is 9. The van der Waals surface area contributed by atoms with Crippen LogP contribution in [0.2, 0.25) is 0 Å². The van der Waals surface area contributed by atoms with E-state index in [9.17, 15) is 0 Å². The largest absolute Gasteiger partial charge is 0.484 e. The molecule has 6 heteroatoms. The first-order chi connectivity index (χ1) is 37.9. The van der Waals surface area contributed by atoms with Gasteiger partial charge in [-0.3, -0.25) is 9.97 Å². The summed E-state index contributed by atoms with van der Waals surface area (Å²) >= 11 is 0. The van der Waals surface area contributed by atoms with Crippen molar-refractivity contribution in [2.75, 3.05) is 5.32 Å². The summed E-state index contributed by atoms with van der Waals surface area (Å²) in [5, 5.41) is 8.05. The number of aromatic nitrogens is 2. The second-order valence-corrected chi connectivity index (χ2v) is 21.0. The third-order valence-electron chi connectivity index (χ3n) is 16.2. The van der Waals surface area contributed by atoms with Crippen LogP contribution < -0.4 is 10.1 Å². The van der Waals surface area contributed by atoms with Crippen molar-refractivity contribution in [3.8, 4) is 61.4 Å². The smallest absolute Gasteiger partial charge is 0.135 e. The van der Waals surface area contributed by atoms with Gasteiger partial charge in [-0.05, 0) is 166 Å². The van der Waals surface area contributed by atoms with E-state index in [0.29, 0.717) is 5.92 Å². The third-order valence-corrected chi connectivity index (χ3v) is 16.2. The van der Waals surface area contributed by atoms with E-state index in [1.165, 1.54) is 33.2 Å². The SMILES string of the molecule is C[C@@H]1CCC(c2ccc3oc4ccccc4c3c2)=C1C1=C[C@@H](C)C2Oc3ccc(-c4cncc(-c5ccc6oc7ccc(-c8cncc(-c9cccc(-c%10ccccc%10Nc%10ccccc%10)c9)c8)cc7c6c5)c4)cc3C2=C1. The molecule has 0 saturated heterocycles. The van der Waals surface area contributed by atoms with E-state index in [1.54, 1.807) is 0 Å². The molecule has 0 spiro atoms. The molecular formula is C71H51N3O3. The molecule has 3 atom stereocenters. The number of para-hydroxylation sites is 3. The fourth-order valence-electron chi connectivity index (χ4n) is 12.3. The van der Waals surface area contributed by atoms with Crippen LogP contribution in [0.25, 0.3) is 111 Å². The van der Waals surface area contributed by atoms with Gasteiger partial charge in [0.25, 0.3) is 0 Å². The number of nitrogens with one attached hydrogen (secondary N) is 1. The highest BCUT2D eigenvalue weighted by Crippen LogP contribution is 2.50. The molecule has 0 bridgehead atoms. The number of pyridine rings is 2. The van der Waals surface area contributed by atoms with Gasteiger partial charge in [0.15, 0.2) is 0 Å². The van der Waals surface area contributed by atoms with Crippen molar-refractivity contribution < 1.29 is 13.6 Å². The highest BCUT2D eigenvalue weighted by atomic mass is 16.5. The van der Waals surface area contributed by atoms with Gasteiger partial charge >= 0.3 is 0 Å². The zero-order valence-electron chi connectivity index (χ0n) is 42.6. The number of allylic oxidation sites excluding steroid dienone is 4. The molecule has 77 heavy (non-hydrogen) atoms. The van der Waals surface area contributed by atoms with Crippen molar-refractivity contribution in [1.82, 2.24) is 9.97 Å². The zero-order valence-corrected chi connectivity index (χ0v) is 42.6. The van der Waals surface area contributed by atoms with Gasteiger partial charge in [-0.2, -0.15) is 0 Å². The molecule has 0 radical (unpaired) electrons. The molecule has 1 aliphatic heterocycles. The molecular weight excluding hydrogens is 943 g/mol. The maximum absolute atomic E-state index is 6.74. The summed E-state index contributed by atoms with van der Waals surface area (Å²) in [5.41, 5.74) is 24.3. The van der Waals surface area contributed by atoms with Crippen LogP contribution in [0.1, 0.15) is 37.8 Å². The summed E-state index contributed by atoms with van der Waals surface area (Å²) in [6.07, 6.45) is 14.8. The van der Waals surface area contributed by atoms with E-state index in [0.717, 1.165) is 130 Å². The summed E-state index contributed by atoms with van der Waals surface area (Å²) in [4.78, 5) is 9.59. The molecule has 12 aromatic rings. The topological polar surface area (TPSA) is 73.3 Å². The molecule has 0 amide bonds. The predicted molar refractivity (Wildman–Crippen MR) is 315 cm³/mol. The molecule has 1 unspecified atom stereocenters. The first-order valence-electron chi connectivity index (χ1n) is 26.7. The molecule has 6 nitrogen and oxygen atoms in total. The zero-order chi connectivity index (χ0) is 51.1. The van der Waals surface area contributed by atoms with Crippen LogP contribution in [0, 0.1) is 11.8 Å². The van der Waals surface area contributed by atoms with E-state index in [1.807, 2.05) is 49.1 Å². The fraction of sp³-hybridized carbons (Fsp3) is 0.0986. The predicted octanol–water partition coefficient (Wildman–Crippen LogP) is 19.0. The van der Waals surface area contributed by atoms with Gasteiger partial charge in [0, 0.05) is 103 Å². The lowest BCUT2D eigenvalue weighted by molar-refractivity contribution is 0.235. The molecule has 368 valence electrons. The Morgan fingerprint density at radius 2 is 1.01 bits per heavy atom. The van der Waals surface area contributed by atoms with Crippen LogP contribution in [0.5, 0.6) is 5.75 Å². The van der Waals surface area contributed by atoms with Crippen molar-refractivity contribution in [2.45, 2.75) is 32.8 Å². The van der Waals surface area contributed by atoms with E-state index in [2.05, 4.69) is 195 Å². The minimum Gasteiger partial charge on any atom is -0.484 e. The normalized spacial score (nSPS) is 16.9. The van der Waals surface area contributed by atoms with Gasteiger partial charge < -0.3 is 18.9 Å². The molecule has 1 N–H and O–H groups in total. The van der Waals surface area contributed by atoms with Gasteiger partial charge in [-0.25, -0.2) is 0 Å². The molecule has 2 aliphatic carbocycles. The highest BCUT2D eigenvalue weighted by Gasteiger charge is 2.37. The summed E-state index contributed by atoms with van der Waals surface area (Å²) in [7, 11) is 0. The standard InChI is InChI=1S/C71H51N3O3/c1-42-19-24-57(49-23-28-66-59(36-49)58-16-7-9-18-65(58)75-66)70(42)50-29-43(2)71-63(37-50)62-35-47(22-27-69(62)77-71)54-32-53(40-73-41-54)46-21-26-68-61(34-46)60-33-45(20-25-67(60)76-68)52-31-51(38-72-39-52)44-11-10-12-48(30-44)56-15-6-8-17-64(56)74-55-13-4-3-5-14-55/h3-18,20-23,25-43,71,74H,19,24H2,1-2H3/t42-,43-,71?/m1/s1. The summed E-state index contributed by atoms with van der Waals surface area (Å²) < 4.78 is 19.4. The Morgan fingerprint density at radius 1 is 0.455 bits per heavy atom. The Morgan fingerprint density at radius 3 is 1.74 bits per heavy atom. The van der Waals surface area contributed by atoms with Crippen LogP contribution in [0.3, 0.4) is 0 Å². The number of benzene rings is 8. The van der Waals surface area contributed by atoms with Crippen molar-refractivity contribution in [3.05, 3.63) is 247 Å². The molecule has 5 heterocycles. The van der Waals surface area contributed by atoms with Gasteiger partial charge in [0.2, 0.25) is 0 Å². The van der Waals surface area contributed by atoms with Crippen LogP contribution in [0.15, 0.2) is 245 Å².